The van der Waals surface area contributed by atoms with Crippen LogP contribution in [0, 0.1) is 17.5 Å². The maximum Gasteiger partial charge on any atom is 0.266 e. The third-order valence-corrected chi connectivity index (χ3v) is 6.84. The molecular formula is C22H17ClF3N3O2S. The van der Waals surface area contributed by atoms with E-state index in [1.165, 1.54) is 36.4 Å². The number of nitrogens with one attached hydrogen (secondary N) is 2. The molecule has 1 aliphatic rings. The SMILES string of the molecule is CC(c1ccccc1F)c1c(F)ccc2c1NC(=NCc1cccc(Cl)c1F)NS2(=O)=O. The Morgan fingerprint density at radius 1 is 1.00 bits per heavy atom. The van der Waals surface area contributed by atoms with Crippen LogP contribution in [-0.2, 0) is 16.6 Å². The van der Waals surface area contributed by atoms with Crippen molar-refractivity contribution in [2.45, 2.75) is 24.3 Å². The van der Waals surface area contributed by atoms with Gasteiger partial charge in [0.15, 0.2) is 0 Å². The topological polar surface area (TPSA) is 70.6 Å². The molecule has 0 spiro atoms. The van der Waals surface area contributed by atoms with E-state index in [1.807, 2.05) is 0 Å². The molecule has 4 rings (SSSR count). The Balaban J connectivity index is 1.78. The van der Waals surface area contributed by atoms with Gasteiger partial charge < -0.3 is 5.32 Å². The molecule has 1 atom stereocenters. The molecule has 0 saturated heterocycles. The highest BCUT2D eigenvalue weighted by atomic mass is 35.5. The summed E-state index contributed by atoms with van der Waals surface area (Å²) in [4.78, 5) is 3.89. The first-order chi connectivity index (χ1) is 15.2. The molecule has 166 valence electrons. The number of sulfonamides is 1. The lowest BCUT2D eigenvalue weighted by Gasteiger charge is -2.26. The molecule has 10 heteroatoms. The molecule has 32 heavy (non-hydrogen) atoms. The van der Waals surface area contributed by atoms with Gasteiger partial charge in [-0.15, -0.1) is 0 Å². The number of nitrogens with zero attached hydrogens (tertiary/aromatic N) is 1. The Hall–Kier alpha value is -3.04. The van der Waals surface area contributed by atoms with Crippen molar-refractivity contribution in [2.75, 3.05) is 5.32 Å². The predicted molar refractivity (Wildman–Crippen MR) is 117 cm³/mol. The zero-order valence-corrected chi connectivity index (χ0v) is 18.2. The van der Waals surface area contributed by atoms with Gasteiger partial charge in [0.2, 0.25) is 5.96 Å². The Kier molecular flexibility index (Phi) is 5.87. The summed E-state index contributed by atoms with van der Waals surface area (Å²) < 4.78 is 71.2. The van der Waals surface area contributed by atoms with Gasteiger partial charge in [-0.1, -0.05) is 48.9 Å². The second-order valence-corrected chi connectivity index (χ2v) is 9.24. The van der Waals surface area contributed by atoms with E-state index in [9.17, 15) is 21.6 Å². The van der Waals surface area contributed by atoms with Crippen molar-refractivity contribution >= 4 is 33.3 Å². The Bertz CT molecular complexity index is 1350. The summed E-state index contributed by atoms with van der Waals surface area (Å²) in [5.41, 5.74) is 0.275. The van der Waals surface area contributed by atoms with E-state index in [4.69, 9.17) is 11.6 Å². The van der Waals surface area contributed by atoms with Crippen LogP contribution in [0.15, 0.2) is 64.5 Å². The average Bonchev–Trinajstić information content (AvgIpc) is 2.74. The minimum absolute atomic E-state index is 0.0284. The van der Waals surface area contributed by atoms with Crippen LogP contribution >= 0.6 is 11.6 Å². The number of benzene rings is 3. The molecular weight excluding hydrogens is 463 g/mol. The van der Waals surface area contributed by atoms with E-state index >= 15 is 0 Å². The highest BCUT2D eigenvalue weighted by Gasteiger charge is 2.32. The molecule has 3 aromatic carbocycles. The molecule has 5 nitrogen and oxygen atoms in total. The zero-order chi connectivity index (χ0) is 23.0. The van der Waals surface area contributed by atoms with Crippen molar-refractivity contribution in [3.63, 3.8) is 0 Å². The van der Waals surface area contributed by atoms with Gasteiger partial charge in [-0.05, 0) is 29.8 Å². The van der Waals surface area contributed by atoms with Crippen LogP contribution < -0.4 is 10.0 Å². The molecule has 2 N–H and O–H groups in total. The summed E-state index contributed by atoms with van der Waals surface area (Å²) in [6.07, 6.45) is 0. The molecule has 0 aromatic heterocycles. The first kappa shape index (κ1) is 22.2. The molecule has 0 bridgehead atoms. The van der Waals surface area contributed by atoms with E-state index in [0.717, 1.165) is 12.1 Å². The van der Waals surface area contributed by atoms with E-state index in [0.29, 0.717) is 0 Å². The first-order valence-corrected chi connectivity index (χ1v) is 11.4. The average molecular weight is 480 g/mol. The van der Waals surface area contributed by atoms with Gasteiger partial charge in [-0.25, -0.2) is 31.3 Å². The van der Waals surface area contributed by atoms with Crippen LogP contribution in [0.25, 0.3) is 0 Å². The van der Waals surface area contributed by atoms with E-state index < -0.39 is 33.4 Å². The first-order valence-electron chi connectivity index (χ1n) is 9.53. The molecule has 3 aromatic rings. The van der Waals surface area contributed by atoms with Crippen molar-refractivity contribution in [3.8, 4) is 0 Å². The molecule has 1 aliphatic heterocycles. The number of hydrogen-bond donors (Lipinski definition) is 2. The van der Waals surface area contributed by atoms with Crippen molar-refractivity contribution in [1.29, 1.82) is 0 Å². The number of hydrogen-bond acceptors (Lipinski definition) is 3. The van der Waals surface area contributed by atoms with Gasteiger partial charge in [-0.2, -0.15) is 0 Å². The van der Waals surface area contributed by atoms with Crippen LogP contribution in [0.1, 0.15) is 29.5 Å². The fourth-order valence-electron chi connectivity index (χ4n) is 3.56. The third-order valence-electron chi connectivity index (χ3n) is 5.16. The summed E-state index contributed by atoms with van der Waals surface area (Å²) in [5.74, 6) is -2.94. The maximum atomic E-state index is 14.9. The molecule has 0 aliphatic carbocycles. The van der Waals surface area contributed by atoms with Crippen molar-refractivity contribution in [1.82, 2.24) is 4.72 Å². The highest BCUT2D eigenvalue weighted by molar-refractivity contribution is 7.90. The minimum atomic E-state index is -4.10. The van der Waals surface area contributed by atoms with Crippen LogP contribution in [0.4, 0.5) is 18.9 Å². The second kappa shape index (κ2) is 8.48. The van der Waals surface area contributed by atoms with Gasteiger partial charge in [0.1, 0.15) is 22.3 Å². The van der Waals surface area contributed by atoms with Gasteiger partial charge in [0.05, 0.1) is 17.3 Å². The predicted octanol–water partition coefficient (Wildman–Crippen LogP) is 5.17. The van der Waals surface area contributed by atoms with Crippen molar-refractivity contribution < 1.29 is 21.6 Å². The van der Waals surface area contributed by atoms with Crippen LogP contribution in [0.3, 0.4) is 0 Å². The Labute approximate surface area is 188 Å². The summed E-state index contributed by atoms with van der Waals surface area (Å²) >= 11 is 5.77. The number of guanidine groups is 1. The quantitative estimate of drug-likeness (QED) is 0.542. The fourth-order valence-corrected chi connectivity index (χ4v) is 4.92. The Morgan fingerprint density at radius 3 is 2.50 bits per heavy atom. The Morgan fingerprint density at radius 2 is 1.75 bits per heavy atom. The van der Waals surface area contributed by atoms with Gasteiger partial charge in [0.25, 0.3) is 10.0 Å². The van der Waals surface area contributed by atoms with Crippen LogP contribution in [0.5, 0.6) is 0 Å². The number of fused-ring (bicyclic) bond motifs is 1. The lowest BCUT2D eigenvalue weighted by atomic mass is 9.91. The van der Waals surface area contributed by atoms with E-state index in [2.05, 4.69) is 15.0 Å². The van der Waals surface area contributed by atoms with Gasteiger partial charge >= 0.3 is 0 Å². The second-order valence-electron chi connectivity index (χ2n) is 7.19. The van der Waals surface area contributed by atoms with Crippen LogP contribution in [0.2, 0.25) is 5.02 Å². The number of halogens is 4. The van der Waals surface area contributed by atoms with Gasteiger partial charge in [-0.3, -0.25) is 0 Å². The lowest BCUT2D eigenvalue weighted by molar-refractivity contribution is 0.577. The standard InChI is InChI=1S/C22H17ClF3N3O2S/c1-12(14-6-2-3-8-16(14)24)19-17(25)9-10-18-21(19)28-22(29-32(18,30)31)27-11-13-5-4-7-15(23)20(13)26/h2-10,12H,11H2,1H3,(H2,27,28,29). The maximum absolute atomic E-state index is 14.9. The third kappa shape index (κ3) is 4.05. The summed E-state index contributed by atoms with van der Waals surface area (Å²) in [6, 6.07) is 12.4. The van der Waals surface area contributed by atoms with Crippen molar-refractivity contribution in [2.24, 2.45) is 4.99 Å². The largest absolute Gasteiger partial charge is 0.324 e. The zero-order valence-electron chi connectivity index (χ0n) is 16.7. The summed E-state index contributed by atoms with van der Waals surface area (Å²) in [6.45, 7) is 1.35. The van der Waals surface area contributed by atoms with Crippen LogP contribution in [-0.4, -0.2) is 14.4 Å². The highest BCUT2D eigenvalue weighted by Crippen LogP contribution is 2.38. The lowest BCUT2D eigenvalue weighted by Crippen LogP contribution is -2.41. The van der Waals surface area contributed by atoms with Crippen molar-refractivity contribution in [3.05, 3.63) is 93.8 Å². The molecule has 1 unspecified atom stereocenters. The molecule has 0 saturated carbocycles. The number of rotatable bonds is 4. The summed E-state index contributed by atoms with van der Waals surface area (Å²) in [7, 11) is -4.10. The normalized spacial score (nSPS) is 16.7. The molecule has 0 radical (unpaired) electrons. The number of aliphatic imine (C=N–C) groups is 1. The summed E-state index contributed by atoms with van der Waals surface area (Å²) in [5, 5.41) is 2.69. The monoisotopic (exact) mass is 479 g/mol. The van der Waals surface area contributed by atoms with Gasteiger partial charge in [0, 0.05) is 17.0 Å². The smallest absolute Gasteiger partial charge is 0.266 e. The molecule has 0 amide bonds. The van der Waals surface area contributed by atoms with E-state index in [1.54, 1.807) is 13.0 Å². The molecule has 1 heterocycles. The fraction of sp³-hybridized carbons (Fsp3) is 0.136. The number of anilines is 1. The minimum Gasteiger partial charge on any atom is -0.324 e. The van der Waals surface area contributed by atoms with E-state index in [-0.39, 0.29) is 44.8 Å². The molecule has 0 fully saturated rings.